The Kier molecular flexibility index (Phi) is 3.65. The lowest BCUT2D eigenvalue weighted by Crippen LogP contribution is -1.93. The molecule has 0 N–H and O–H groups in total. The van der Waals surface area contributed by atoms with Crippen molar-refractivity contribution in [1.82, 2.24) is 0 Å². The van der Waals surface area contributed by atoms with Crippen LogP contribution in [0.1, 0.15) is 11.1 Å². The highest BCUT2D eigenvalue weighted by atomic mass is 35.5. The summed E-state index contributed by atoms with van der Waals surface area (Å²) in [7, 11) is 0. The molecule has 0 nitrogen and oxygen atoms in total. The molecule has 3 heteroatoms. The fourth-order valence-electron chi connectivity index (χ4n) is 1.36. The van der Waals surface area contributed by atoms with Gasteiger partial charge in [-0.2, -0.15) is 0 Å². The van der Waals surface area contributed by atoms with E-state index in [-0.39, 0.29) is 0 Å². The molecule has 0 spiro atoms. The topological polar surface area (TPSA) is 0 Å². The Bertz CT molecular complexity index is 414. The van der Waals surface area contributed by atoms with Crippen molar-refractivity contribution >= 4 is 34.8 Å². The van der Waals surface area contributed by atoms with E-state index in [1.165, 1.54) is 0 Å². The molecular weight excluding hydrogens is 263 g/mol. The maximum atomic E-state index is 6.27. The molecule has 2 aromatic carbocycles. The summed E-state index contributed by atoms with van der Waals surface area (Å²) in [4.78, 5) is 0. The molecule has 0 heterocycles. The first-order valence-corrected chi connectivity index (χ1v) is 5.84. The van der Waals surface area contributed by atoms with Gasteiger partial charge >= 0.3 is 0 Å². The molecule has 16 heavy (non-hydrogen) atoms. The van der Waals surface area contributed by atoms with Gasteiger partial charge < -0.3 is 0 Å². The third-order valence-electron chi connectivity index (χ3n) is 2.20. The van der Waals surface area contributed by atoms with Crippen LogP contribution in [-0.2, 0) is 0 Å². The van der Waals surface area contributed by atoms with Crippen molar-refractivity contribution < 1.29 is 0 Å². The smallest absolute Gasteiger partial charge is 0.0828 e. The lowest BCUT2D eigenvalue weighted by molar-refractivity contribution is 1.38. The zero-order valence-electron chi connectivity index (χ0n) is 8.25. The van der Waals surface area contributed by atoms with Crippen LogP contribution >= 0.6 is 34.8 Å². The molecule has 0 saturated carbocycles. The number of rotatable bonds is 2. The third-order valence-corrected chi connectivity index (χ3v) is 3.14. The van der Waals surface area contributed by atoms with Crippen molar-refractivity contribution in [3.8, 4) is 0 Å². The van der Waals surface area contributed by atoms with E-state index in [1.807, 2.05) is 48.5 Å². The van der Waals surface area contributed by atoms with E-state index in [4.69, 9.17) is 34.8 Å². The van der Waals surface area contributed by atoms with Gasteiger partial charge in [0.2, 0.25) is 0 Å². The van der Waals surface area contributed by atoms with E-state index in [2.05, 4.69) is 0 Å². The summed E-state index contributed by atoms with van der Waals surface area (Å²) in [6, 6.07) is 14.8. The average Bonchev–Trinajstić information content (AvgIpc) is 2.30. The maximum Gasteiger partial charge on any atom is 0.134 e. The quantitative estimate of drug-likeness (QED) is 0.661. The SMILES string of the molecule is Clc1ccc([C+](Cl)c2ccc(Cl)cc2)cc1. The lowest BCUT2D eigenvalue weighted by atomic mass is 10.0. The molecule has 0 saturated heterocycles. The van der Waals surface area contributed by atoms with Gasteiger partial charge in [-0.15, -0.1) is 0 Å². The molecule has 80 valence electrons. The van der Waals surface area contributed by atoms with Gasteiger partial charge in [0.1, 0.15) is 5.38 Å². The fraction of sp³-hybridized carbons (Fsp3) is 0. The Hall–Kier alpha value is -0.820. The largest absolute Gasteiger partial charge is 0.134 e. The van der Waals surface area contributed by atoms with Gasteiger partial charge in [-0.25, -0.2) is 0 Å². The summed E-state index contributed by atoms with van der Waals surface area (Å²) in [5.74, 6) is 0. The van der Waals surface area contributed by atoms with Crippen molar-refractivity contribution in [3.05, 3.63) is 75.1 Å². The Morgan fingerprint density at radius 2 is 0.938 bits per heavy atom. The fourth-order valence-corrected chi connectivity index (χ4v) is 1.86. The summed E-state index contributed by atoms with van der Waals surface area (Å²) >= 11 is 17.9. The normalized spacial score (nSPS) is 10.2. The zero-order valence-corrected chi connectivity index (χ0v) is 10.5. The van der Waals surface area contributed by atoms with E-state index in [9.17, 15) is 0 Å². The summed E-state index contributed by atoms with van der Waals surface area (Å²) in [6.45, 7) is 0. The summed E-state index contributed by atoms with van der Waals surface area (Å²) in [5, 5.41) is 2.09. The molecule has 0 aromatic heterocycles. The van der Waals surface area contributed by atoms with Crippen LogP contribution in [0.5, 0.6) is 0 Å². The molecule has 0 unspecified atom stereocenters. The minimum absolute atomic E-state index is 0.688. The van der Waals surface area contributed by atoms with Crippen LogP contribution in [0.2, 0.25) is 10.0 Å². The first kappa shape index (κ1) is 11.7. The van der Waals surface area contributed by atoms with E-state index in [1.54, 1.807) is 0 Å². The standard InChI is InChI=1S/C13H8Cl3/c14-11-5-1-9(2-6-11)13(16)10-3-7-12(15)8-4-10/h1-8H/q+1. The highest BCUT2D eigenvalue weighted by molar-refractivity contribution is 6.32. The van der Waals surface area contributed by atoms with Gasteiger partial charge in [0.05, 0.1) is 21.2 Å². The molecule has 0 amide bonds. The second-order valence-corrected chi connectivity index (χ2v) is 4.58. The monoisotopic (exact) mass is 269 g/mol. The van der Waals surface area contributed by atoms with Crippen molar-refractivity contribution in [2.75, 3.05) is 0 Å². The Morgan fingerprint density at radius 1 is 0.625 bits per heavy atom. The van der Waals surface area contributed by atoms with Crippen LogP contribution in [0, 0.1) is 5.38 Å². The van der Waals surface area contributed by atoms with Crippen molar-refractivity contribution in [2.24, 2.45) is 0 Å². The second kappa shape index (κ2) is 5.01. The molecule has 0 aliphatic heterocycles. The Morgan fingerprint density at radius 3 is 1.25 bits per heavy atom. The lowest BCUT2D eigenvalue weighted by Gasteiger charge is -2.02. The van der Waals surface area contributed by atoms with Crippen LogP contribution in [0.3, 0.4) is 0 Å². The Balaban J connectivity index is 2.28. The molecule has 0 radical (unpaired) electrons. The number of hydrogen-bond acceptors (Lipinski definition) is 0. The second-order valence-electron chi connectivity index (χ2n) is 3.33. The van der Waals surface area contributed by atoms with Crippen molar-refractivity contribution in [2.45, 2.75) is 0 Å². The van der Waals surface area contributed by atoms with Crippen LogP contribution in [0.25, 0.3) is 0 Å². The molecule has 0 bridgehead atoms. The van der Waals surface area contributed by atoms with Crippen LogP contribution in [0.4, 0.5) is 0 Å². The predicted octanol–water partition coefficient (Wildman–Crippen LogP) is 5.16. The van der Waals surface area contributed by atoms with Crippen molar-refractivity contribution in [3.63, 3.8) is 0 Å². The number of benzene rings is 2. The summed E-state index contributed by atoms with van der Waals surface area (Å²) < 4.78 is 0. The minimum Gasteiger partial charge on any atom is -0.0828 e. The van der Waals surface area contributed by atoms with Gasteiger partial charge in [-0.05, 0) is 35.9 Å². The molecule has 2 aromatic rings. The molecular formula is C13H8Cl3+. The van der Waals surface area contributed by atoms with Gasteiger partial charge in [0.15, 0.2) is 0 Å². The van der Waals surface area contributed by atoms with Gasteiger partial charge in [0, 0.05) is 24.3 Å². The van der Waals surface area contributed by atoms with E-state index in [0.29, 0.717) is 15.4 Å². The van der Waals surface area contributed by atoms with E-state index < -0.39 is 0 Å². The van der Waals surface area contributed by atoms with E-state index >= 15 is 0 Å². The number of halogens is 3. The van der Waals surface area contributed by atoms with Crippen LogP contribution in [-0.4, -0.2) is 0 Å². The minimum atomic E-state index is 0.688. The average molecular weight is 271 g/mol. The highest BCUT2D eigenvalue weighted by Gasteiger charge is 2.17. The molecule has 0 aliphatic rings. The summed E-state index contributed by atoms with van der Waals surface area (Å²) in [6.07, 6.45) is 0. The first-order valence-electron chi connectivity index (χ1n) is 4.71. The third kappa shape index (κ3) is 2.65. The van der Waals surface area contributed by atoms with E-state index in [0.717, 1.165) is 11.1 Å². The molecule has 0 fully saturated rings. The Labute approximate surface area is 110 Å². The maximum absolute atomic E-state index is 6.27. The first-order chi connectivity index (χ1) is 7.66. The predicted molar refractivity (Wildman–Crippen MR) is 70.2 cm³/mol. The van der Waals surface area contributed by atoms with Gasteiger partial charge in [0.25, 0.3) is 0 Å². The molecule has 0 atom stereocenters. The molecule has 2 rings (SSSR count). The van der Waals surface area contributed by atoms with Crippen LogP contribution in [0.15, 0.2) is 48.5 Å². The number of hydrogen-bond donors (Lipinski definition) is 0. The van der Waals surface area contributed by atoms with Crippen LogP contribution < -0.4 is 0 Å². The van der Waals surface area contributed by atoms with Gasteiger partial charge in [-0.3, -0.25) is 0 Å². The van der Waals surface area contributed by atoms with Gasteiger partial charge in [-0.1, -0.05) is 23.2 Å². The van der Waals surface area contributed by atoms with Crippen molar-refractivity contribution in [1.29, 1.82) is 0 Å². The molecule has 0 aliphatic carbocycles. The summed E-state index contributed by atoms with van der Waals surface area (Å²) in [5.41, 5.74) is 1.88. The highest BCUT2D eigenvalue weighted by Crippen LogP contribution is 2.29. The zero-order chi connectivity index (χ0) is 11.5.